The van der Waals surface area contributed by atoms with Crippen molar-refractivity contribution in [1.29, 1.82) is 0 Å². The molecule has 0 saturated heterocycles. The van der Waals surface area contributed by atoms with E-state index in [1.54, 1.807) is 53.2 Å². The lowest BCUT2D eigenvalue weighted by Crippen LogP contribution is -2.16. The Morgan fingerprint density at radius 2 is 1.62 bits per heavy atom. The third-order valence-corrected chi connectivity index (χ3v) is 6.99. The molecule has 0 aliphatic heterocycles. The van der Waals surface area contributed by atoms with Crippen LogP contribution in [0.4, 0.5) is 0 Å². The van der Waals surface area contributed by atoms with Crippen molar-refractivity contribution in [3.05, 3.63) is 83.3 Å². The third-order valence-electron chi connectivity index (χ3n) is 5.21. The van der Waals surface area contributed by atoms with Crippen molar-refractivity contribution in [2.75, 3.05) is 20.0 Å². The summed E-state index contributed by atoms with van der Waals surface area (Å²) < 4.78 is 39.0. The van der Waals surface area contributed by atoms with Crippen LogP contribution in [0.25, 0.3) is 17.2 Å². The summed E-state index contributed by atoms with van der Waals surface area (Å²) in [4.78, 5) is 4.37. The average molecular weight is 499 g/mol. The Morgan fingerprint density at radius 3 is 2.24 bits per heavy atom. The van der Waals surface area contributed by atoms with Crippen LogP contribution in [0.15, 0.2) is 66.9 Å². The van der Waals surface area contributed by atoms with E-state index >= 15 is 0 Å². The summed E-state index contributed by atoms with van der Waals surface area (Å²) in [6.07, 6.45) is 2.00. The monoisotopic (exact) mass is 498 g/mol. The summed E-state index contributed by atoms with van der Waals surface area (Å²) in [7, 11) is -0.473. The van der Waals surface area contributed by atoms with Crippen molar-refractivity contribution in [2.45, 2.75) is 12.2 Å². The van der Waals surface area contributed by atoms with Crippen LogP contribution < -0.4 is 9.47 Å². The van der Waals surface area contributed by atoms with Gasteiger partial charge in [0.05, 0.1) is 20.0 Å². The fourth-order valence-corrected chi connectivity index (χ4v) is 4.95. The zero-order valence-corrected chi connectivity index (χ0v) is 20.3. The van der Waals surface area contributed by atoms with Gasteiger partial charge in [-0.3, -0.25) is 9.55 Å². The smallest absolute Gasteiger partial charge is 0.187 e. The van der Waals surface area contributed by atoms with E-state index in [1.165, 1.54) is 14.2 Å². The van der Waals surface area contributed by atoms with E-state index in [0.29, 0.717) is 40.1 Å². The van der Waals surface area contributed by atoms with Gasteiger partial charge < -0.3 is 9.47 Å². The van der Waals surface area contributed by atoms with Gasteiger partial charge >= 0.3 is 0 Å². The minimum absolute atomic E-state index is 0.0521. The molecule has 34 heavy (non-hydrogen) atoms. The molecule has 0 aliphatic rings. The summed E-state index contributed by atoms with van der Waals surface area (Å²) >= 11 is 5.93. The maximum absolute atomic E-state index is 13.1. The van der Waals surface area contributed by atoms with E-state index in [4.69, 9.17) is 21.1 Å². The van der Waals surface area contributed by atoms with Crippen molar-refractivity contribution in [3.63, 3.8) is 0 Å². The van der Waals surface area contributed by atoms with E-state index in [2.05, 4.69) is 15.2 Å². The van der Waals surface area contributed by atoms with Crippen LogP contribution in [0, 0.1) is 0 Å². The second-order valence-electron chi connectivity index (χ2n) is 7.47. The fourth-order valence-electron chi connectivity index (χ4n) is 3.55. The van der Waals surface area contributed by atoms with Crippen LogP contribution in [0.5, 0.6) is 11.5 Å². The molecule has 2 aromatic carbocycles. The van der Waals surface area contributed by atoms with E-state index in [9.17, 15) is 8.42 Å². The summed E-state index contributed by atoms with van der Waals surface area (Å²) in [6.45, 7) is 0. The molecule has 0 radical (unpaired) electrons. The first-order valence-electron chi connectivity index (χ1n) is 10.4. The Balaban J connectivity index is 1.75. The van der Waals surface area contributed by atoms with Crippen LogP contribution in [0.2, 0.25) is 5.02 Å². The maximum atomic E-state index is 13.1. The molecule has 0 atom stereocenters. The Kier molecular flexibility index (Phi) is 7.14. The lowest BCUT2D eigenvalue weighted by Gasteiger charge is -2.17. The van der Waals surface area contributed by atoms with Gasteiger partial charge in [0.1, 0.15) is 28.6 Å². The number of aryl methyl sites for hydroxylation is 1. The highest BCUT2D eigenvalue weighted by Crippen LogP contribution is 2.36. The summed E-state index contributed by atoms with van der Waals surface area (Å²) in [6, 6.07) is 17.8. The number of rotatable bonds is 9. The Morgan fingerprint density at radius 1 is 0.912 bits per heavy atom. The number of para-hydroxylation sites is 1. The number of pyridine rings is 1. The van der Waals surface area contributed by atoms with Crippen molar-refractivity contribution in [2.24, 2.45) is 0 Å². The minimum atomic E-state index is -3.54. The lowest BCUT2D eigenvalue weighted by atomic mass is 10.2. The summed E-state index contributed by atoms with van der Waals surface area (Å²) in [5, 5.41) is 9.13. The molecular weight excluding hydrogens is 476 g/mol. The number of ether oxygens (including phenoxy) is 2. The second kappa shape index (κ2) is 10.2. The SMILES string of the molecule is COc1cccc(OC)c1-n1c(CS(=O)(=O)CCc2ccc(Cl)cc2)nnc1-c1ccccn1. The van der Waals surface area contributed by atoms with Crippen molar-refractivity contribution < 1.29 is 17.9 Å². The molecule has 0 unspecified atom stereocenters. The third kappa shape index (κ3) is 5.21. The fraction of sp³-hybridized carbons (Fsp3) is 0.208. The first kappa shape index (κ1) is 23.7. The normalized spacial score (nSPS) is 11.4. The molecule has 4 aromatic rings. The zero-order valence-electron chi connectivity index (χ0n) is 18.7. The number of aromatic nitrogens is 4. The molecule has 4 rings (SSSR count). The number of halogens is 1. The minimum Gasteiger partial charge on any atom is -0.494 e. The number of benzene rings is 2. The van der Waals surface area contributed by atoms with Gasteiger partial charge in [0.25, 0.3) is 0 Å². The van der Waals surface area contributed by atoms with Crippen LogP contribution in [0.1, 0.15) is 11.4 Å². The van der Waals surface area contributed by atoms with Crippen LogP contribution in [0.3, 0.4) is 0 Å². The molecule has 176 valence electrons. The maximum Gasteiger partial charge on any atom is 0.187 e. The lowest BCUT2D eigenvalue weighted by molar-refractivity contribution is 0.390. The topological polar surface area (TPSA) is 96.2 Å². The standard InChI is InChI=1S/C24H23ClN4O4S/c1-32-20-7-5-8-21(33-2)23(20)29-22(27-28-24(29)19-6-3-4-14-26-19)16-34(30,31)15-13-17-9-11-18(25)12-10-17/h3-12,14H,13,15-16H2,1-2H3. The Hall–Kier alpha value is -3.43. The Bertz CT molecular complexity index is 1350. The first-order valence-corrected chi connectivity index (χ1v) is 12.6. The molecule has 8 nitrogen and oxygen atoms in total. The molecule has 0 amide bonds. The highest BCUT2D eigenvalue weighted by atomic mass is 35.5. The second-order valence-corrected chi connectivity index (χ2v) is 10.1. The predicted molar refractivity (Wildman–Crippen MR) is 130 cm³/mol. The van der Waals surface area contributed by atoms with E-state index in [1.807, 2.05) is 18.2 Å². The summed E-state index contributed by atoms with van der Waals surface area (Å²) in [5.41, 5.74) is 1.92. The van der Waals surface area contributed by atoms with Crippen molar-refractivity contribution in [3.8, 4) is 28.7 Å². The molecular formula is C24H23ClN4O4S. The quantitative estimate of drug-likeness (QED) is 0.342. The molecule has 0 fully saturated rings. The number of sulfone groups is 1. The molecule has 0 spiro atoms. The molecule has 0 N–H and O–H groups in total. The summed E-state index contributed by atoms with van der Waals surface area (Å²) in [5.74, 6) is 1.21. The number of nitrogens with zero attached hydrogens (tertiary/aromatic N) is 4. The molecule has 2 aromatic heterocycles. The van der Waals surface area contributed by atoms with Gasteiger partial charge in [-0.05, 0) is 48.4 Å². The van der Waals surface area contributed by atoms with Gasteiger partial charge in [-0.25, -0.2) is 8.42 Å². The van der Waals surface area contributed by atoms with Gasteiger partial charge in [0.15, 0.2) is 21.5 Å². The van der Waals surface area contributed by atoms with Gasteiger partial charge in [0.2, 0.25) is 0 Å². The van der Waals surface area contributed by atoms with Crippen LogP contribution in [-0.4, -0.2) is 48.1 Å². The number of hydrogen-bond donors (Lipinski definition) is 0. The first-order chi connectivity index (χ1) is 16.4. The van der Waals surface area contributed by atoms with Crippen molar-refractivity contribution in [1.82, 2.24) is 19.7 Å². The van der Waals surface area contributed by atoms with Gasteiger partial charge in [-0.1, -0.05) is 35.9 Å². The van der Waals surface area contributed by atoms with Gasteiger partial charge in [0, 0.05) is 11.2 Å². The molecule has 0 bridgehead atoms. The highest BCUT2D eigenvalue weighted by Gasteiger charge is 2.26. The average Bonchev–Trinajstić information content (AvgIpc) is 3.25. The zero-order chi connectivity index (χ0) is 24.1. The molecule has 0 aliphatic carbocycles. The van der Waals surface area contributed by atoms with Gasteiger partial charge in [-0.15, -0.1) is 10.2 Å². The van der Waals surface area contributed by atoms with Crippen LogP contribution in [-0.2, 0) is 22.0 Å². The number of methoxy groups -OCH3 is 2. The van der Waals surface area contributed by atoms with Crippen LogP contribution >= 0.6 is 11.6 Å². The molecule has 0 saturated carbocycles. The molecule has 2 heterocycles. The van der Waals surface area contributed by atoms with E-state index < -0.39 is 9.84 Å². The van der Waals surface area contributed by atoms with E-state index in [0.717, 1.165) is 5.56 Å². The Labute approximate surface area is 203 Å². The highest BCUT2D eigenvalue weighted by molar-refractivity contribution is 7.90. The van der Waals surface area contributed by atoms with E-state index in [-0.39, 0.29) is 17.3 Å². The largest absolute Gasteiger partial charge is 0.494 e. The van der Waals surface area contributed by atoms with Gasteiger partial charge in [-0.2, -0.15) is 0 Å². The molecule has 10 heteroatoms. The predicted octanol–water partition coefficient (Wildman–Crippen LogP) is 4.16. The van der Waals surface area contributed by atoms with Crippen molar-refractivity contribution >= 4 is 21.4 Å². The number of hydrogen-bond acceptors (Lipinski definition) is 7.